The first-order valence-electron chi connectivity index (χ1n) is 7.98. The van der Waals surface area contributed by atoms with Gasteiger partial charge in [0, 0.05) is 20.6 Å². The van der Waals surface area contributed by atoms with Crippen molar-refractivity contribution in [3.05, 3.63) is 11.7 Å². The monoisotopic (exact) mass is 310 g/mol. The predicted molar refractivity (Wildman–Crippen MR) is 81.3 cm³/mol. The molecule has 1 fully saturated rings. The molecule has 0 aliphatic heterocycles. The molecule has 1 aliphatic carbocycles. The molecule has 0 radical (unpaired) electrons. The second-order valence-electron chi connectivity index (χ2n) is 5.85. The van der Waals surface area contributed by atoms with Crippen molar-refractivity contribution in [1.29, 1.82) is 0 Å². The topological polar surface area (TPSA) is 89.3 Å². The molecule has 2 rings (SSSR count). The molecule has 0 aromatic carbocycles. The molecule has 1 aromatic rings. The van der Waals surface area contributed by atoms with Crippen LogP contribution in [0, 0.1) is 6.92 Å². The Kier molecular flexibility index (Phi) is 6.33. The Morgan fingerprint density at radius 1 is 1.32 bits per heavy atom. The highest BCUT2D eigenvalue weighted by Crippen LogP contribution is 2.34. The van der Waals surface area contributed by atoms with E-state index in [1.54, 1.807) is 14.0 Å². The van der Waals surface area contributed by atoms with Crippen LogP contribution in [0.1, 0.15) is 50.2 Å². The van der Waals surface area contributed by atoms with Crippen LogP contribution in [0.5, 0.6) is 0 Å². The molecule has 0 spiro atoms. The van der Waals surface area contributed by atoms with Crippen LogP contribution in [0.2, 0.25) is 0 Å². The number of carbonyl (C=O) groups excluding carboxylic acids is 1. The summed E-state index contributed by atoms with van der Waals surface area (Å²) in [5.74, 6) is 1.10. The van der Waals surface area contributed by atoms with Crippen LogP contribution in [0.3, 0.4) is 0 Å². The van der Waals surface area contributed by atoms with Crippen molar-refractivity contribution in [2.75, 3.05) is 26.8 Å². The van der Waals surface area contributed by atoms with Crippen molar-refractivity contribution >= 4 is 5.91 Å². The van der Waals surface area contributed by atoms with Gasteiger partial charge in [-0.05, 0) is 12.8 Å². The molecule has 0 unspecified atom stereocenters. The van der Waals surface area contributed by atoms with E-state index in [4.69, 9.17) is 9.26 Å². The summed E-state index contributed by atoms with van der Waals surface area (Å²) in [6, 6.07) is 0. The van der Waals surface area contributed by atoms with E-state index in [1.807, 2.05) is 0 Å². The summed E-state index contributed by atoms with van der Waals surface area (Å²) < 4.78 is 10.1. The van der Waals surface area contributed by atoms with Gasteiger partial charge in [-0.1, -0.05) is 30.8 Å². The van der Waals surface area contributed by atoms with Crippen molar-refractivity contribution in [1.82, 2.24) is 20.8 Å². The molecule has 1 aromatic heterocycles. The number of nitrogens with zero attached hydrogens (tertiary/aromatic N) is 2. The van der Waals surface area contributed by atoms with Crippen LogP contribution >= 0.6 is 0 Å². The maximum atomic E-state index is 12.3. The highest BCUT2D eigenvalue weighted by atomic mass is 16.5. The fourth-order valence-electron chi connectivity index (χ4n) is 2.92. The maximum Gasteiger partial charge on any atom is 0.234 e. The molecule has 1 heterocycles. The zero-order valence-corrected chi connectivity index (χ0v) is 13.5. The number of nitrogens with one attached hydrogen (secondary N) is 2. The van der Waals surface area contributed by atoms with Crippen LogP contribution in [0.4, 0.5) is 0 Å². The summed E-state index contributed by atoms with van der Waals surface area (Å²) in [5, 5.41) is 10.3. The Hall–Kier alpha value is -1.47. The van der Waals surface area contributed by atoms with E-state index in [-0.39, 0.29) is 12.5 Å². The average Bonchev–Trinajstić information content (AvgIpc) is 2.80. The SMILES string of the molecule is COCCNCC(=O)NC1(c2noc(C)n2)CCCCCC1. The highest BCUT2D eigenvalue weighted by molar-refractivity contribution is 5.79. The first-order chi connectivity index (χ1) is 10.7. The number of carbonyl (C=O) groups is 1. The van der Waals surface area contributed by atoms with Crippen molar-refractivity contribution in [2.24, 2.45) is 0 Å². The lowest BCUT2D eigenvalue weighted by molar-refractivity contribution is -0.122. The van der Waals surface area contributed by atoms with E-state index < -0.39 is 5.54 Å². The number of aromatic nitrogens is 2. The smallest absolute Gasteiger partial charge is 0.234 e. The zero-order chi connectivity index (χ0) is 15.8. The van der Waals surface area contributed by atoms with Crippen molar-refractivity contribution in [3.8, 4) is 0 Å². The van der Waals surface area contributed by atoms with E-state index in [2.05, 4.69) is 20.8 Å². The lowest BCUT2D eigenvalue weighted by Gasteiger charge is -2.30. The van der Waals surface area contributed by atoms with Gasteiger partial charge in [0.05, 0.1) is 13.2 Å². The third-order valence-electron chi connectivity index (χ3n) is 4.06. The van der Waals surface area contributed by atoms with Crippen LogP contribution < -0.4 is 10.6 Å². The van der Waals surface area contributed by atoms with E-state index in [9.17, 15) is 4.79 Å². The Labute approximate surface area is 131 Å². The molecular weight excluding hydrogens is 284 g/mol. The standard InChI is InChI=1S/C15H26N4O3/c1-12-17-14(19-22-12)15(7-5-3-4-6-8-15)18-13(20)11-16-9-10-21-2/h16H,3-11H2,1-2H3,(H,18,20). The van der Waals surface area contributed by atoms with Crippen LogP contribution in [0.25, 0.3) is 0 Å². The number of amides is 1. The number of hydrogen-bond donors (Lipinski definition) is 2. The van der Waals surface area contributed by atoms with Crippen molar-refractivity contribution < 1.29 is 14.1 Å². The fourth-order valence-corrected chi connectivity index (χ4v) is 2.92. The van der Waals surface area contributed by atoms with E-state index in [1.165, 1.54) is 12.8 Å². The maximum absolute atomic E-state index is 12.3. The number of hydrogen-bond acceptors (Lipinski definition) is 6. The molecule has 22 heavy (non-hydrogen) atoms. The average molecular weight is 310 g/mol. The van der Waals surface area contributed by atoms with Gasteiger partial charge in [0.25, 0.3) is 0 Å². The number of aryl methyl sites for hydroxylation is 1. The molecule has 0 saturated heterocycles. The first-order valence-corrected chi connectivity index (χ1v) is 7.98. The quantitative estimate of drug-likeness (QED) is 0.582. The Bertz CT molecular complexity index is 467. The number of methoxy groups -OCH3 is 1. The van der Waals surface area contributed by atoms with Crippen LogP contribution in [-0.2, 0) is 15.1 Å². The second-order valence-corrected chi connectivity index (χ2v) is 5.85. The minimum atomic E-state index is -0.492. The third kappa shape index (κ3) is 4.51. The van der Waals surface area contributed by atoms with Gasteiger partial charge in [-0.25, -0.2) is 0 Å². The highest BCUT2D eigenvalue weighted by Gasteiger charge is 2.38. The van der Waals surface area contributed by atoms with Crippen molar-refractivity contribution in [3.63, 3.8) is 0 Å². The summed E-state index contributed by atoms with van der Waals surface area (Å²) in [7, 11) is 1.64. The van der Waals surface area contributed by atoms with Gasteiger partial charge in [0.15, 0.2) is 5.82 Å². The lowest BCUT2D eigenvalue weighted by Crippen LogP contribution is -2.49. The molecular formula is C15H26N4O3. The van der Waals surface area contributed by atoms with Gasteiger partial charge in [-0.2, -0.15) is 4.98 Å². The molecule has 1 amide bonds. The van der Waals surface area contributed by atoms with E-state index >= 15 is 0 Å². The second kappa shape index (κ2) is 8.24. The van der Waals surface area contributed by atoms with E-state index in [0.717, 1.165) is 25.7 Å². The number of rotatable bonds is 7. The molecule has 0 atom stereocenters. The van der Waals surface area contributed by atoms with Crippen LogP contribution in [0.15, 0.2) is 4.52 Å². The molecule has 1 aliphatic rings. The zero-order valence-electron chi connectivity index (χ0n) is 13.5. The van der Waals surface area contributed by atoms with Gasteiger partial charge >= 0.3 is 0 Å². The van der Waals surface area contributed by atoms with Gasteiger partial charge in [0.1, 0.15) is 5.54 Å². The Balaban J connectivity index is 2.03. The fraction of sp³-hybridized carbons (Fsp3) is 0.800. The van der Waals surface area contributed by atoms with Crippen LogP contribution in [-0.4, -0.2) is 42.9 Å². The molecule has 2 N–H and O–H groups in total. The Morgan fingerprint density at radius 3 is 2.64 bits per heavy atom. The lowest BCUT2D eigenvalue weighted by atomic mass is 9.89. The summed E-state index contributed by atoms with van der Waals surface area (Å²) in [6.07, 6.45) is 6.20. The largest absolute Gasteiger partial charge is 0.383 e. The van der Waals surface area contributed by atoms with Gasteiger partial charge < -0.3 is 19.9 Å². The minimum absolute atomic E-state index is 0.0412. The molecule has 7 nitrogen and oxygen atoms in total. The molecule has 7 heteroatoms. The summed E-state index contributed by atoms with van der Waals surface area (Å²) >= 11 is 0. The van der Waals surface area contributed by atoms with Gasteiger partial charge in [-0.3, -0.25) is 4.79 Å². The van der Waals surface area contributed by atoms with E-state index in [0.29, 0.717) is 24.9 Å². The minimum Gasteiger partial charge on any atom is -0.383 e. The Morgan fingerprint density at radius 2 is 2.05 bits per heavy atom. The summed E-state index contributed by atoms with van der Waals surface area (Å²) in [6.45, 7) is 3.28. The molecule has 124 valence electrons. The summed E-state index contributed by atoms with van der Waals surface area (Å²) in [5.41, 5.74) is -0.492. The predicted octanol–water partition coefficient (Wildman–Crippen LogP) is 1.28. The third-order valence-corrected chi connectivity index (χ3v) is 4.06. The normalized spacial score (nSPS) is 17.9. The number of ether oxygens (including phenoxy) is 1. The first kappa shape index (κ1) is 16.9. The van der Waals surface area contributed by atoms with Gasteiger partial charge in [-0.15, -0.1) is 0 Å². The molecule has 0 bridgehead atoms. The molecule has 1 saturated carbocycles. The summed E-state index contributed by atoms with van der Waals surface area (Å²) in [4.78, 5) is 16.6. The van der Waals surface area contributed by atoms with Gasteiger partial charge in [0.2, 0.25) is 11.8 Å². The van der Waals surface area contributed by atoms with Crippen molar-refractivity contribution in [2.45, 2.75) is 51.0 Å².